The molecule has 7 nitrogen and oxygen atoms in total. The first-order chi connectivity index (χ1) is 15.4. The molecule has 0 fully saturated rings. The van der Waals surface area contributed by atoms with Crippen molar-refractivity contribution in [1.82, 2.24) is 9.97 Å². The molecule has 2 N–H and O–H groups in total. The smallest absolute Gasteiger partial charge is 0.262 e. The molecular formula is C23H25Cl2N5O2. The van der Waals surface area contributed by atoms with Crippen molar-refractivity contribution in [2.45, 2.75) is 20.8 Å². The SMILES string of the molecule is CCN(CC)c1cc(Nc2ccc(NC(=O)COc3ccc(Cl)cc3Cl)cc2)nc(C)n1. The molecule has 168 valence electrons. The molecular weight excluding hydrogens is 449 g/mol. The van der Waals surface area contributed by atoms with Crippen LogP contribution >= 0.6 is 23.2 Å². The van der Waals surface area contributed by atoms with Gasteiger partial charge in [0.15, 0.2) is 6.61 Å². The topological polar surface area (TPSA) is 79.4 Å². The number of anilines is 4. The summed E-state index contributed by atoms with van der Waals surface area (Å²) >= 11 is 11.9. The van der Waals surface area contributed by atoms with Gasteiger partial charge in [0.1, 0.15) is 23.2 Å². The van der Waals surface area contributed by atoms with Gasteiger partial charge in [-0.2, -0.15) is 0 Å². The number of halogens is 2. The molecule has 1 aromatic heterocycles. The quantitative estimate of drug-likeness (QED) is 0.414. The molecule has 0 aliphatic heterocycles. The summed E-state index contributed by atoms with van der Waals surface area (Å²) in [7, 11) is 0. The van der Waals surface area contributed by atoms with Crippen LogP contribution in [-0.2, 0) is 4.79 Å². The van der Waals surface area contributed by atoms with Gasteiger partial charge in [-0.15, -0.1) is 0 Å². The van der Waals surface area contributed by atoms with Gasteiger partial charge in [-0.05, 0) is 63.2 Å². The van der Waals surface area contributed by atoms with Crippen LogP contribution in [0.25, 0.3) is 0 Å². The maximum atomic E-state index is 12.2. The molecule has 0 radical (unpaired) electrons. The van der Waals surface area contributed by atoms with Crippen LogP contribution in [0.5, 0.6) is 5.75 Å². The van der Waals surface area contributed by atoms with Crippen LogP contribution in [0.3, 0.4) is 0 Å². The van der Waals surface area contributed by atoms with Crippen molar-refractivity contribution in [2.24, 2.45) is 0 Å². The molecule has 3 rings (SSSR count). The van der Waals surface area contributed by atoms with E-state index in [1.807, 2.05) is 25.1 Å². The molecule has 1 heterocycles. The Kier molecular flexibility index (Phi) is 8.14. The van der Waals surface area contributed by atoms with Crippen LogP contribution in [0, 0.1) is 6.92 Å². The fraction of sp³-hybridized carbons (Fsp3) is 0.261. The van der Waals surface area contributed by atoms with E-state index in [1.54, 1.807) is 30.3 Å². The number of benzene rings is 2. The Hall–Kier alpha value is -3.03. The Labute approximate surface area is 197 Å². The van der Waals surface area contributed by atoms with Gasteiger partial charge in [0.2, 0.25) is 0 Å². The van der Waals surface area contributed by atoms with Gasteiger partial charge in [-0.25, -0.2) is 9.97 Å². The van der Waals surface area contributed by atoms with Gasteiger partial charge in [0, 0.05) is 35.6 Å². The molecule has 32 heavy (non-hydrogen) atoms. The summed E-state index contributed by atoms with van der Waals surface area (Å²) in [5.41, 5.74) is 1.49. The van der Waals surface area contributed by atoms with Crippen molar-refractivity contribution in [3.05, 3.63) is 64.4 Å². The Balaban J connectivity index is 1.58. The Morgan fingerprint density at radius 1 is 1.00 bits per heavy atom. The molecule has 0 atom stereocenters. The molecule has 2 aromatic carbocycles. The number of ether oxygens (including phenoxy) is 1. The number of nitrogens with one attached hydrogen (secondary N) is 2. The molecule has 1 amide bonds. The highest BCUT2D eigenvalue weighted by atomic mass is 35.5. The molecule has 0 unspecified atom stereocenters. The summed E-state index contributed by atoms with van der Waals surface area (Å²) in [5, 5.41) is 6.93. The number of aryl methyl sites for hydroxylation is 1. The number of carbonyl (C=O) groups excluding carboxylic acids is 1. The van der Waals surface area contributed by atoms with Gasteiger partial charge < -0.3 is 20.3 Å². The van der Waals surface area contributed by atoms with E-state index in [4.69, 9.17) is 27.9 Å². The second-order valence-electron chi connectivity index (χ2n) is 6.94. The summed E-state index contributed by atoms with van der Waals surface area (Å²) in [5.74, 6) is 2.39. The fourth-order valence-electron chi connectivity index (χ4n) is 3.04. The Bertz CT molecular complexity index is 1070. The van der Waals surface area contributed by atoms with E-state index in [9.17, 15) is 4.79 Å². The number of aromatic nitrogens is 2. The lowest BCUT2D eigenvalue weighted by Crippen LogP contribution is -2.23. The largest absolute Gasteiger partial charge is 0.482 e. The van der Waals surface area contributed by atoms with Crippen LogP contribution in [-0.4, -0.2) is 35.6 Å². The van der Waals surface area contributed by atoms with Gasteiger partial charge in [0.05, 0.1) is 5.02 Å². The van der Waals surface area contributed by atoms with Gasteiger partial charge in [0.25, 0.3) is 5.91 Å². The van der Waals surface area contributed by atoms with E-state index < -0.39 is 0 Å². The molecule has 0 bridgehead atoms. The summed E-state index contributed by atoms with van der Waals surface area (Å²) in [6, 6.07) is 14.1. The first kappa shape index (κ1) is 23.6. The molecule has 0 saturated carbocycles. The number of nitrogens with zero attached hydrogens (tertiary/aromatic N) is 3. The zero-order valence-electron chi connectivity index (χ0n) is 18.2. The van der Waals surface area contributed by atoms with Crippen LogP contribution < -0.4 is 20.3 Å². The normalized spacial score (nSPS) is 10.5. The van der Waals surface area contributed by atoms with Crippen molar-refractivity contribution in [3.63, 3.8) is 0 Å². The third-order valence-electron chi connectivity index (χ3n) is 4.61. The molecule has 9 heteroatoms. The minimum Gasteiger partial charge on any atom is -0.482 e. The average Bonchev–Trinajstić information content (AvgIpc) is 2.75. The van der Waals surface area contributed by atoms with Crippen LogP contribution in [0.2, 0.25) is 10.0 Å². The van der Waals surface area contributed by atoms with E-state index in [-0.39, 0.29) is 12.5 Å². The highest BCUT2D eigenvalue weighted by molar-refractivity contribution is 6.35. The van der Waals surface area contributed by atoms with E-state index >= 15 is 0 Å². The molecule has 0 aliphatic rings. The fourth-order valence-corrected chi connectivity index (χ4v) is 3.51. The third kappa shape index (κ3) is 6.48. The summed E-state index contributed by atoms with van der Waals surface area (Å²) < 4.78 is 5.46. The Morgan fingerprint density at radius 3 is 2.34 bits per heavy atom. The maximum Gasteiger partial charge on any atom is 0.262 e. The van der Waals surface area contributed by atoms with Crippen molar-refractivity contribution >= 4 is 52.1 Å². The monoisotopic (exact) mass is 473 g/mol. The van der Waals surface area contributed by atoms with Crippen molar-refractivity contribution in [2.75, 3.05) is 35.2 Å². The lowest BCUT2D eigenvalue weighted by atomic mass is 10.2. The second-order valence-corrected chi connectivity index (χ2v) is 7.79. The summed E-state index contributed by atoms with van der Waals surface area (Å²) in [6.07, 6.45) is 0. The van der Waals surface area contributed by atoms with Crippen LogP contribution in [0.1, 0.15) is 19.7 Å². The first-order valence-electron chi connectivity index (χ1n) is 10.2. The number of hydrogen-bond donors (Lipinski definition) is 2. The van der Waals surface area contributed by atoms with Crippen molar-refractivity contribution in [1.29, 1.82) is 0 Å². The lowest BCUT2D eigenvalue weighted by molar-refractivity contribution is -0.118. The zero-order valence-corrected chi connectivity index (χ0v) is 19.7. The average molecular weight is 474 g/mol. The van der Waals surface area contributed by atoms with Crippen LogP contribution in [0.4, 0.5) is 23.0 Å². The minimum absolute atomic E-state index is 0.171. The number of rotatable bonds is 9. The van der Waals surface area contributed by atoms with Gasteiger partial charge in [-0.1, -0.05) is 23.2 Å². The number of carbonyl (C=O) groups is 1. The zero-order chi connectivity index (χ0) is 23.1. The van der Waals surface area contributed by atoms with Crippen molar-refractivity contribution in [3.8, 4) is 5.75 Å². The molecule has 0 aliphatic carbocycles. The first-order valence-corrected chi connectivity index (χ1v) is 11.0. The third-order valence-corrected chi connectivity index (χ3v) is 5.14. The molecule has 3 aromatic rings. The minimum atomic E-state index is -0.299. The summed E-state index contributed by atoms with van der Waals surface area (Å²) in [4.78, 5) is 23.3. The van der Waals surface area contributed by atoms with E-state index in [0.717, 1.165) is 24.6 Å². The number of amides is 1. The van der Waals surface area contributed by atoms with Crippen molar-refractivity contribution < 1.29 is 9.53 Å². The second kappa shape index (κ2) is 11.0. The predicted molar refractivity (Wildman–Crippen MR) is 131 cm³/mol. The predicted octanol–water partition coefficient (Wildman–Crippen LogP) is 5.70. The van der Waals surface area contributed by atoms with Crippen LogP contribution in [0.15, 0.2) is 48.5 Å². The maximum absolute atomic E-state index is 12.2. The van der Waals surface area contributed by atoms with Gasteiger partial charge >= 0.3 is 0 Å². The lowest BCUT2D eigenvalue weighted by Gasteiger charge is -2.20. The van der Waals surface area contributed by atoms with E-state index in [1.165, 1.54) is 0 Å². The highest BCUT2D eigenvalue weighted by Gasteiger charge is 2.09. The molecule has 0 spiro atoms. The van der Waals surface area contributed by atoms with Gasteiger partial charge in [-0.3, -0.25) is 4.79 Å². The van der Waals surface area contributed by atoms with E-state index in [2.05, 4.69) is 39.3 Å². The molecule has 0 saturated heterocycles. The standard InChI is InChI=1S/C23H25Cl2N5O2/c1-4-30(5-2)22-13-21(26-15(3)27-22)28-17-7-9-18(10-8-17)29-23(31)14-32-20-11-6-16(24)12-19(20)25/h6-13H,4-5,14H2,1-3H3,(H,29,31)(H,26,27,28). The summed E-state index contributed by atoms with van der Waals surface area (Å²) in [6.45, 7) is 7.63. The highest BCUT2D eigenvalue weighted by Crippen LogP contribution is 2.27. The van der Waals surface area contributed by atoms with E-state index in [0.29, 0.717) is 33.1 Å². The number of hydrogen-bond acceptors (Lipinski definition) is 6. The Morgan fingerprint density at radius 2 is 1.69 bits per heavy atom.